The Labute approximate surface area is 252 Å². The van der Waals surface area contributed by atoms with Crippen LogP contribution in [0.5, 0.6) is 0 Å². The first kappa shape index (κ1) is 31.6. The molecule has 0 amide bonds. The Kier molecular flexibility index (Phi) is 11.5. The molecule has 0 aliphatic heterocycles. The predicted molar refractivity (Wildman–Crippen MR) is 165 cm³/mol. The molecule has 0 N–H and O–H groups in total. The van der Waals surface area contributed by atoms with E-state index in [0.29, 0.717) is 29.2 Å². The Bertz CT molecular complexity index is 1090. The zero-order chi connectivity index (χ0) is 29.5. The summed E-state index contributed by atoms with van der Waals surface area (Å²) in [4.78, 5) is 0. The van der Waals surface area contributed by atoms with Gasteiger partial charge < -0.3 is 0 Å². The molecular formula is C38H52F4. The molecule has 0 heterocycles. The van der Waals surface area contributed by atoms with Crippen LogP contribution in [0.15, 0.2) is 30.3 Å². The third-order valence-electron chi connectivity index (χ3n) is 11.4. The van der Waals surface area contributed by atoms with Gasteiger partial charge >= 0.3 is 0 Å². The minimum absolute atomic E-state index is 0.00410. The molecule has 0 radical (unpaired) electrons. The summed E-state index contributed by atoms with van der Waals surface area (Å²) in [5, 5.41) is 0. The molecule has 0 atom stereocenters. The molecular weight excluding hydrogens is 532 g/mol. The minimum Gasteiger partial charge on any atom is -0.207 e. The second kappa shape index (κ2) is 15.2. The first-order valence-corrected chi connectivity index (χ1v) is 17.4. The van der Waals surface area contributed by atoms with Gasteiger partial charge in [0.05, 0.1) is 0 Å². The monoisotopic (exact) mass is 584 g/mol. The van der Waals surface area contributed by atoms with Gasteiger partial charge in [-0.05, 0) is 147 Å². The Morgan fingerprint density at radius 3 is 1.62 bits per heavy atom. The number of benzene rings is 2. The van der Waals surface area contributed by atoms with Crippen molar-refractivity contribution < 1.29 is 17.6 Å². The van der Waals surface area contributed by atoms with Crippen molar-refractivity contribution in [3.8, 4) is 0 Å². The molecule has 3 aliphatic rings. The summed E-state index contributed by atoms with van der Waals surface area (Å²) in [7, 11) is 0. The van der Waals surface area contributed by atoms with Crippen molar-refractivity contribution in [3.63, 3.8) is 0 Å². The molecule has 0 spiro atoms. The van der Waals surface area contributed by atoms with Crippen LogP contribution >= 0.6 is 0 Å². The maximum Gasteiger partial charge on any atom is 0.194 e. The highest BCUT2D eigenvalue weighted by molar-refractivity contribution is 5.30. The molecule has 0 aromatic heterocycles. The molecule has 3 aliphatic carbocycles. The topological polar surface area (TPSA) is 0 Å². The normalized spacial score (nSPS) is 28.6. The average molecular weight is 585 g/mol. The fraction of sp³-hybridized carbons (Fsp3) is 0.684. The van der Waals surface area contributed by atoms with E-state index in [-0.39, 0.29) is 11.7 Å². The van der Waals surface area contributed by atoms with Crippen molar-refractivity contribution in [2.45, 2.75) is 147 Å². The Morgan fingerprint density at radius 2 is 1.02 bits per heavy atom. The van der Waals surface area contributed by atoms with Gasteiger partial charge in [0.2, 0.25) is 0 Å². The maximum atomic E-state index is 15.4. The molecule has 3 saturated carbocycles. The molecule has 0 nitrogen and oxygen atoms in total. The zero-order valence-electron chi connectivity index (χ0n) is 25.8. The van der Waals surface area contributed by atoms with Crippen LogP contribution in [0.2, 0.25) is 0 Å². The molecule has 232 valence electrons. The van der Waals surface area contributed by atoms with E-state index >= 15 is 4.39 Å². The average Bonchev–Trinajstić information content (AvgIpc) is 3.02. The third-order valence-corrected chi connectivity index (χ3v) is 11.4. The van der Waals surface area contributed by atoms with E-state index < -0.39 is 17.5 Å². The van der Waals surface area contributed by atoms with E-state index in [2.05, 4.69) is 19.1 Å². The van der Waals surface area contributed by atoms with Gasteiger partial charge in [-0.1, -0.05) is 64.0 Å². The van der Waals surface area contributed by atoms with E-state index in [0.717, 1.165) is 62.8 Å². The highest BCUT2D eigenvalue weighted by Gasteiger charge is 2.33. The van der Waals surface area contributed by atoms with Crippen molar-refractivity contribution in [3.05, 3.63) is 70.3 Å². The van der Waals surface area contributed by atoms with Gasteiger partial charge in [0.15, 0.2) is 17.5 Å². The van der Waals surface area contributed by atoms with Crippen LogP contribution in [-0.2, 0) is 0 Å². The highest BCUT2D eigenvalue weighted by atomic mass is 19.2. The lowest BCUT2D eigenvalue weighted by atomic mass is 9.67. The van der Waals surface area contributed by atoms with Crippen LogP contribution in [0.4, 0.5) is 17.6 Å². The number of hydrogen-bond donors (Lipinski definition) is 0. The first-order valence-electron chi connectivity index (χ1n) is 17.4. The summed E-state index contributed by atoms with van der Waals surface area (Å²) in [6.45, 7) is 2.27. The smallest absolute Gasteiger partial charge is 0.194 e. The third kappa shape index (κ3) is 8.00. The fourth-order valence-corrected chi connectivity index (χ4v) is 8.76. The second-order valence-electron chi connectivity index (χ2n) is 14.1. The van der Waals surface area contributed by atoms with Crippen LogP contribution in [-0.4, -0.2) is 0 Å². The summed E-state index contributed by atoms with van der Waals surface area (Å²) < 4.78 is 56.3. The standard InChI is InChI=1S/C38H52F4/c1-2-3-4-5-6-7-8-26-9-11-29(12-10-26)32-21-22-34(35(39)23-32)31-19-17-28(18-20-31)27-13-15-30(16-14-27)33-24-36(40)38(42)37(41)25-33/h21-31H,2-20H2,1H3. The van der Waals surface area contributed by atoms with Crippen molar-refractivity contribution in [2.24, 2.45) is 17.8 Å². The van der Waals surface area contributed by atoms with Crippen LogP contribution in [0.3, 0.4) is 0 Å². The summed E-state index contributed by atoms with van der Waals surface area (Å²) >= 11 is 0. The lowest BCUT2D eigenvalue weighted by Crippen LogP contribution is -2.25. The number of rotatable bonds is 11. The zero-order valence-corrected chi connectivity index (χ0v) is 25.8. The molecule has 42 heavy (non-hydrogen) atoms. The molecule has 0 saturated heterocycles. The Balaban J connectivity index is 1.04. The lowest BCUT2D eigenvalue weighted by Gasteiger charge is -2.38. The quantitative estimate of drug-likeness (QED) is 0.140. The number of unbranched alkanes of at least 4 members (excludes halogenated alkanes) is 5. The van der Waals surface area contributed by atoms with Crippen LogP contribution in [0.1, 0.15) is 163 Å². The molecule has 2 aromatic rings. The maximum absolute atomic E-state index is 15.4. The second-order valence-corrected chi connectivity index (χ2v) is 14.1. The fourth-order valence-electron chi connectivity index (χ4n) is 8.76. The minimum atomic E-state index is -1.38. The van der Waals surface area contributed by atoms with Crippen LogP contribution in [0.25, 0.3) is 0 Å². The van der Waals surface area contributed by atoms with Crippen molar-refractivity contribution in [2.75, 3.05) is 0 Å². The van der Waals surface area contributed by atoms with Gasteiger partial charge in [-0.15, -0.1) is 0 Å². The van der Waals surface area contributed by atoms with E-state index in [4.69, 9.17) is 0 Å². The Hall–Kier alpha value is -1.84. The van der Waals surface area contributed by atoms with Gasteiger partial charge in [-0.25, -0.2) is 17.6 Å². The van der Waals surface area contributed by atoms with Crippen LogP contribution < -0.4 is 0 Å². The molecule has 3 fully saturated rings. The van der Waals surface area contributed by atoms with Gasteiger partial charge in [0, 0.05) is 0 Å². The largest absolute Gasteiger partial charge is 0.207 e. The van der Waals surface area contributed by atoms with Crippen molar-refractivity contribution in [1.82, 2.24) is 0 Å². The highest BCUT2D eigenvalue weighted by Crippen LogP contribution is 2.47. The lowest BCUT2D eigenvalue weighted by molar-refractivity contribution is 0.176. The molecule has 4 heteroatoms. The predicted octanol–water partition coefficient (Wildman–Crippen LogP) is 12.5. The molecule has 0 bridgehead atoms. The summed E-state index contributed by atoms with van der Waals surface area (Å²) in [6.07, 6.45) is 22.8. The summed E-state index contributed by atoms with van der Waals surface area (Å²) in [5.41, 5.74) is 2.72. The van der Waals surface area contributed by atoms with Gasteiger partial charge in [0.1, 0.15) is 5.82 Å². The number of hydrogen-bond acceptors (Lipinski definition) is 0. The Morgan fingerprint density at radius 1 is 0.524 bits per heavy atom. The van der Waals surface area contributed by atoms with Crippen molar-refractivity contribution >= 4 is 0 Å². The van der Waals surface area contributed by atoms with Gasteiger partial charge in [-0.3, -0.25) is 0 Å². The van der Waals surface area contributed by atoms with E-state index in [1.807, 2.05) is 6.07 Å². The SMILES string of the molecule is CCCCCCCCC1CCC(c2ccc(C3CCC(C4CCC(c5cc(F)c(F)c(F)c5)CC4)CC3)c(F)c2)CC1. The van der Waals surface area contributed by atoms with Crippen molar-refractivity contribution in [1.29, 1.82) is 0 Å². The van der Waals surface area contributed by atoms with Gasteiger partial charge in [0.25, 0.3) is 0 Å². The summed E-state index contributed by atoms with van der Waals surface area (Å²) in [6, 6.07) is 8.55. The molecule has 5 rings (SSSR count). The van der Waals surface area contributed by atoms with Gasteiger partial charge in [-0.2, -0.15) is 0 Å². The van der Waals surface area contributed by atoms with Crippen LogP contribution in [0, 0.1) is 41.0 Å². The van der Waals surface area contributed by atoms with E-state index in [1.165, 1.54) is 88.3 Å². The molecule has 0 unspecified atom stereocenters. The number of halogens is 4. The summed E-state index contributed by atoms with van der Waals surface area (Å²) in [5.74, 6) is -0.470. The van der Waals surface area contributed by atoms with E-state index in [1.54, 1.807) is 0 Å². The molecule has 2 aromatic carbocycles. The first-order chi connectivity index (χ1) is 20.4. The van der Waals surface area contributed by atoms with E-state index in [9.17, 15) is 13.2 Å².